The van der Waals surface area contributed by atoms with Crippen LogP contribution in [0.1, 0.15) is 11.5 Å². The monoisotopic (exact) mass is 209 g/mol. The molecule has 1 saturated heterocycles. The maximum atomic E-state index is 12.8. The average Bonchev–Trinajstić information content (AvgIpc) is 2.76. The lowest BCUT2D eigenvalue weighted by Crippen LogP contribution is -2.13. The number of methoxy groups -OCH3 is 1. The first kappa shape index (κ1) is 10.4. The third-order valence-corrected chi connectivity index (χ3v) is 3.08. The van der Waals surface area contributed by atoms with Crippen LogP contribution in [-0.4, -0.2) is 26.9 Å². The Morgan fingerprint density at radius 2 is 2.20 bits per heavy atom. The van der Waals surface area contributed by atoms with Crippen LogP contribution in [0.5, 0.6) is 5.75 Å². The predicted octanol–water partition coefficient (Wildman–Crippen LogP) is 1.97. The Balaban J connectivity index is 2.27. The maximum Gasteiger partial charge on any atom is 0.122 e. The second-order valence-electron chi connectivity index (χ2n) is 3.92. The second-order valence-corrected chi connectivity index (χ2v) is 3.92. The van der Waals surface area contributed by atoms with Crippen molar-refractivity contribution in [3.8, 4) is 5.75 Å². The van der Waals surface area contributed by atoms with Gasteiger partial charge in [-0.25, -0.2) is 0 Å². The van der Waals surface area contributed by atoms with Crippen LogP contribution in [0.4, 0.5) is 4.39 Å². The van der Waals surface area contributed by atoms with Crippen LogP contribution < -0.4 is 10.1 Å². The van der Waals surface area contributed by atoms with E-state index >= 15 is 0 Å². The van der Waals surface area contributed by atoms with Gasteiger partial charge in [0.2, 0.25) is 0 Å². The summed E-state index contributed by atoms with van der Waals surface area (Å²) in [5, 5.41) is 3.23. The van der Waals surface area contributed by atoms with Crippen LogP contribution in [0.15, 0.2) is 24.3 Å². The summed E-state index contributed by atoms with van der Waals surface area (Å²) in [7, 11) is 1.66. The van der Waals surface area contributed by atoms with E-state index in [4.69, 9.17) is 4.74 Å². The molecule has 1 aliphatic rings. The molecule has 1 N–H and O–H groups in total. The molecule has 1 aromatic carbocycles. The van der Waals surface area contributed by atoms with Crippen LogP contribution in [0, 0.1) is 5.92 Å². The molecule has 82 valence electrons. The van der Waals surface area contributed by atoms with Crippen molar-refractivity contribution < 1.29 is 9.13 Å². The Morgan fingerprint density at radius 1 is 1.40 bits per heavy atom. The molecule has 3 heteroatoms. The highest BCUT2D eigenvalue weighted by Crippen LogP contribution is 2.34. The molecule has 1 aromatic rings. The molecule has 0 spiro atoms. The van der Waals surface area contributed by atoms with Gasteiger partial charge in [-0.2, -0.15) is 0 Å². The summed E-state index contributed by atoms with van der Waals surface area (Å²) in [6.45, 7) is 1.34. The molecule has 2 rings (SSSR count). The minimum Gasteiger partial charge on any atom is -0.496 e. The molecule has 0 aliphatic carbocycles. The van der Waals surface area contributed by atoms with E-state index < -0.39 is 0 Å². The number of hydrogen-bond donors (Lipinski definition) is 1. The number of benzene rings is 1. The van der Waals surface area contributed by atoms with Crippen molar-refractivity contribution in [2.45, 2.75) is 5.92 Å². The molecular formula is C12H16FNO. The summed E-state index contributed by atoms with van der Waals surface area (Å²) in [5.41, 5.74) is 1.12. The Kier molecular flexibility index (Phi) is 3.21. The topological polar surface area (TPSA) is 21.3 Å². The van der Waals surface area contributed by atoms with Crippen molar-refractivity contribution in [2.75, 3.05) is 26.9 Å². The van der Waals surface area contributed by atoms with E-state index in [1.807, 2.05) is 24.3 Å². The van der Waals surface area contributed by atoms with E-state index in [0.717, 1.165) is 24.4 Å². The smallest absolute Gasteiger partial charge is 0.122 e. The molecule has 2 nitrogen and oxygen atoms in total. The van der Waals surface area contributed by atoms with E-state index in [-0.39, 0.29) is 18.5 Å². The standard InChI is InChI=1S/C12H16FNO/c1-15-12-5-3-2-4-10(12)11-8-14-7-9(11)6-13/h2-5,9,11,14H,6-8H2,1H3/t9-,11-/m0/s1. The van der Waals surface area contributed by atoms with Gasteiger partial charge >= 0.3 is 0 Å². The van der Waals surface area contributed by atoms with Gasteiger partial charge in [0.1, 0.15) is 5.75 Å². The minimum atomic E-state index is -0.268. The Labute approximate surface area is 89.4 Å². The number of nitrogens with one attached hydrogen (secondary N) is 1. The second kappa shape index (κ2) is 4.62. The minimum absolute atomic E-state index is 0.0845. The first-order valence-corrected chi connectivity index (χ1v) is 5.26. The zero-order valence-corrected chi connectivity index (χ0v) is 8.87. The molecule has 1 fully saturated rings. The summed E-state index contributed by atoms with van der Waals surface area (Å²) >= 11 is 0. The van der Waals surface area contributed by atoms with Crippen molar-refractivity contribution in [1.29, 1.82) is 0 Å². The number of rotatable bonds is 3. The zero-order valence-electron chi connectivity index (χ0n) is 8.87. The molecule has 0 aromatic heterocycles. The van der Waals surface area contributed by atoms with Crippen molar-refractivity contribution in [2.24, 2.45) is 5.92 Å². The fraction of sp³-hybridized carbons (Fsp3) is 0.500. The van der Waals surface area contributed by atoms with Crippen molar-refractivity contribution in [3.63, 3.8) is 0 Å². The highest BCUT2D eigenvalue weighted by atomic mass is 19.1. The van der Waals surface area contributed by atoms with Crippen LogP contribution in [0.2, 0.25) is 0 Å². The summed E-state index contributed by atoms with van der Waals surface area (Å²) in [5.74, 6) is 1.19. The maximum absolute atomic E-state index is 12.8. The molecule has 1 heterocycles. The first-order chi connectivity index (χ1) is 7.36. The fourth-order valence-electron chi connectivity index (χ4n) is 2.23. The lowest BCUT2D eigenvalue weighted by molar-refractivity contribution is 0.348. The van der Waals surface area contributed by atoms with Gasteiger partial charge in [0.05, 0.1) is 13.8 Å². The molecule has 2 atom stereocenters. The summed E-state index contributed by atoms with van der Waals surface area (Å²) < 4.78 is 18.1. The predicted molar refractivity (Wildman–Crippen MR) is 58.1 cm³/mol. The van der Waals surface area contributed by atoms with E-state index in [2.05, 4.69) is 5.32 Å². The third kappa shape index (κ3) is 1.97. The molecule has 0 radical (unpaired) electrons. The molecule has 0 saturated carbocycles. The van der Waals surface area contributed by atoms with E-state index in [9.17, 15) is 4.39 Å². The van der Waals surface area contributed by atoms with Gasteiger partial charge in [0.15, 0.2) is 0 Å². The lowest BCUT2D eigenvalue weighted by Gasteiger charge is -2.18. The van der Waals surface area contributed by atoms with Crippen LogP contribution >= 0.6 is 0 Å². The summed E-state index contributed by atoms with van der Waals surface area (Å²) in [6.07, 6.45) is 0. The van der Waals surface area contributed by atoms with Gasteiger partial charge in [-0.05, 0) is 11.6 Å². The molecule has 0 bridgehead atoms. The van der Waals surface area contributed by atoms with E-state index in [1.165, 1.54) is 0 Å². The van der Waals surface area contributed by atoms with Gasteiger partial charge in [0, 0.05) is 24.9 Å². The summed E-state index contributed by atoms with van der Waals surface area (Å²) in [6, 6.07) is 7.88. The lowest BCUT2D eigenvalue weighted by atomic mass is 9.89. The Bertz CT molecular complexity index is 329. The number of hydrogen-bond acceptors (Lipinski definition) is 2. The molecular weight excluding hydrogens is 193 g/mol. The van der Waals surface area contributed by atoms with Crippen LogP contribution in [0.3, 0.4) is 0 Å². The van der Waals surface area contributed by atoms with E-state index in [1.54, 1.807) is 7.11 Å². The highest BCUT2D eigenvalue weighted by Gasteiger charge is 2.30. The first-order valence-electron chi connectivity index (χ1n) is 5.26. The molecule has 0 unspecified atom stereocenters. The SMILES string of the molecule is COc1ccccc1[C@H]1CNC[C@@H]1CF. The molecule has 15 heavy (non-hydrogen) atoms. The van der Waals surface area contributed by atoms with Gasteiger partial charge in [0.25, 0.3) is 0 Å². The van der Waals surface area contributed by atoms with Gasteiger partial charge in [-0.1, -0.05) is 18.2 Å². The largest absolute Gasteiger partial charge is 0.496 e. The van der Waals surface area contributed by atoms with Gasteiger partial charge in [-0.15, -0.1) is 0 Å². The quantitative estimate of drug-likeness (QED) is 0.821. The van der Waals surface area contributed by atoms with Crippen molar-refractivity contribution >= 4 is 0 Å². The Morgan fingerprint density at radius 3 is 2.93 bits per heavy atom. The normalized spacial score (nSPS) is 25.5. The average molecular weight is 209 g/mol. The van der Waals surface area contributed by atoms with Gasteiger partial charge < -0.3 is 10.1 Å². The van der Waals surface area contributed by atoms with Crippen LogP contribution in [-0.2, 0) is 0 Å². The van der Waals surface area contributed by atoms with Crippen molar-refractivity contribution in [1.82, 2.24) is 5.32 Å². The Hall–Kier alpha value is -1.09. The fourth-order valence-corrected chi connectivity index (χ4v) is 2.23. The van der Waals surface area contributed by atoms with Crippen LogP contribution in [0.25, 0.3) is 0 Å². The number of halogens is 1. The van der Waals surface area contributed by atoms with Gasteiger partial charge in [-0.3, -0.25) is 4.39 Å². The zero-order chi connectivity index (χ0) is 10.7. The summed E-state index contributed by atoms with van der Waals surface area (Å²) in [4.78, 5) is 0. The van der Waals surface area contributed by atoms with Crippen molar-refractivity contribution in [3.05, 3.63) is 29.8 Å². The number of para-hydroxylation sites is 1. The molecule has 1 aliphatic heterocycles. The number of alkyl halides is 1. The highest BCUT2D eigenvalue weighted by molar-refractivity contribution is 5.37. The third-order valence-electron chi connectivity index (χ3n) is 3.08. The van der Waals surface area contributed by atoms with E-state index in [0.29, 0.717) is 0 Å². The molecule has 0 amide bonds. The number of ether oxygens (including phenoxy) is 1.